The maximum Gasteiger partial charge on any atom is 0.272 e. The molecule has 0 saturated carbocycles. The van der Waals surface area contributed by atoms with Gasteiger partial charge in [-0.25, -0.2) is 13.2 Å². The third-order valence-corrected chi connectivity index (χ3v) is 5.39. The highest BCUT2D eigenvalue weighted by Gasteiger charge is 2.19. The van der Waals surface area contributed by atoms with Crippen molar-refractivity contribution in [3.63, 3.8) is 0 Å². The van der Waals surface area contributed by atoms with Crippen molar-refractivity contribution in [2.75, 3.05) is 13.2 Å². The maximum absolute atomic E-state index is 13.3. The summed E-state index contributed by atoms with van der Waals surface area (Å²) in [5.74, 6) is -1.68. The lowest BCUT2D eigenvalue weighted by atomic mass is 10.1. The number of hydrogen-bond acceptors (Lipinski definition) is 5. The number of ether oxygens (including phenoxy) is 1. The Kier molecular flexibility index (Phi) is 9.35. The second kappa shape index (κ2) is 11.7. The Bertz CT molecular complexity index is 926. The smallest absolute Gasteiger partial charge is 0.272 e. The van der Waals surface area contributed by atoms with Gasteiger partial charge in [-0.3, -0.25) is 9.59 Å². The number of carbonyl (C=O) groups excluding carboxylic acids is 2. The molecule has 0 aliphatic rings. The van der Waals surface area contributed by atoms with Crippen molar-refractivity contribution in [3.8, 4) is 5.75 Å². The number of halogens is 4. The van der Waals surface area contributed by atoms with E-state index in [0.29, 0.717) is 11.3 Å². The molecule has 2 atom stereocenters. The highest BCUT2D eigenvalue weighted by atomic mass is 35.5. The fourth-order valence-corrected chi connectivity index (χ4v) is 3.30. The van der Waals surface area contributed by atoms with Crippen LogP contribution in [0.1, 0.15) is 27.4 Å². The van der Waals surface area contributed by atoms with Gasteiger partial charge in [0.1, 0.15) is 11.6 Å². The largest absolute Gasteiger partial charge is 0.484 e. The molecule has 0 aliphatic carbocycles. The van der Waals surface area contributed by atoms with Crippen LogP contribution in [-0.2, 0) is 4.79 Å². The van der Waals surface area contributed by atoms with Crippen LogP contribution < -0.4 is 15.4 Å². The van der Waals surface area contributed by atoms with Gasteiger partial charge in [0, 0.05) is 18.7 Å². The number of thiophene rings is 1. The Balaban J connectivity index is 1.75. The number of aliphatic hydroxyl groups excluding tert-OH is 1. The number of aliphatic hydroxyl groups is 1. The molecule has 0 fully saturated rings. The van der Waals surface area contributed by atoms with E-state index in [9.17, 15) is 27.9 Å². The Morgan fingerprint density at radius 1 is 1.29 bits per heavy atom. The summed E-state index contributed by atoms with van der Waals surface area (Å²) in [4.78, 5) is 23.9. The molecule has 168 valence electrons. The minimum Gasteiger partial charge on any atom is -0.484 e. The minimum atomic E-state index is -2.66. The van der Waals surface area contributed by atoms with Crippen molar-refractivity contribution >= 4 is 34.8 Å². The Labute approximate surface area is 185 Å². The van der Waals surface area contributed by atoms with Crippen LogP contribution in [0.25, 0.3) is 0 Å². The average molecular weight is 477 g/mol. The summed E-state index contributed by atoms with van der Waals surface area (Å²) in [6, 6.07) is 5.57. The lowest BCUT2D eigenvalue weighted by molar-refractivity contribution is -0.123. The van der Waals surface area contributed by atoms with E-state index in [1.54, 1.807) is 0 Å². The summed E-state index contributed by atoms with van der Waals surface area (Å²) >= 11 is 6.24. The Morgan fingerprint density at radius 3 is 2.65 bits per heavy atom. The first kappa shape index (κ1) is 24.7. The predicted octanol–water partition coefficient (Wildman–Crippen LogP) is 3.71. The molecule has 1 aromatic heterocycles. The zero-order chi connectivity index (χ0) is 23.0. The van der Waals surface area contributed by atoms with Crippen LogP contribution in [0.5, 0.6) is 5.75 Å². The molecular weight excluding hydrogens is 457 g/mol. The van der Waals surface area contributed by atoms with Gasteiger partial charge >= 0.3 is 0 Å². The lowest BCUT2D eigenvalue weighted by Gasteiger charge is -2.19. The van der Waals surface area contributed by atoms with Gasteiger partial charge < -0.3 is 20.5 Å². The fraction of sp³-hybridized carbons (Fsp3) is 0.300. The monoisotopic (exact) mass is 476 g/mol. The molecule has 11 heteroatoms. The van der Waals surface area contributed by atoms with Crippen molar-refractivity contribution < 1.29 is 32.6 Å². The van der Waals surface area contributed by atoms with Crippen molar-refractivity contribution in [2.45, 2.75) is 25.0 Å². The van der Waals surface area contributed by atoms with E-state index in [1.807, 2.05) is 0 Å². The molecule has 0 spiro atoms. The number of hydrogen-bond donors (Lipinski definition) is 3. The van der Waals surface area contributed by atoms with E-state index in [0.717, 1.165) is 6.07 Å². The summed E-state index contributed by atoms with van der Waals surface area (Å²) in [5, 5.41) is 15.0. The van der Waals surface area contributed by atoms with Gasteiger partial charge in [0.2, 0.25) is 0 Å². The number of nitrogens with one attached hydrogen (secondary N) is 2. The van der Waals surface area contributed by atoms with Gasteiger partial charge in [-0.2, -0.15) is 0 Å². The number of amides is 2. The van der Waals surface area contributed by atoms with Gasteiger partial charge in [-0.1, -0.05) is 17.7 Å². The van der Waals surface area contributed by atoms with E-state index in [2.05, 4.69) is 17.2 Å². The van der Waals surface area contributed by atoms with E-state index < -0.39 is 42.8 Å². The van der Waals surface area contributed by atoms with Crippen LogP contribution in [0.2, 0.25) is 5.02 Å². The molecule has 3 N–H and O–H groups in total. The molecule has 0 radical (unpaired) electrons. The third-order valence-electron chi connectivity index (χ3n) is 3.99. The molecule has 2 unspecified atom stereocenters. The van der Waals surface area contributed by atoms with Crippen LogP contribution in [0.4, 0.5) is 13.2 Å². The normalized spacial score (nSPS) is 12.8. The van der Waals surface area contributed by atoms with E-state index >= 15 is 0 Å². The van der Waals surface area contributed by atoms with Crippen LogP contribution in [0.3, 0.4) is 0 Å². The molecular formula is C20H20ClF3N2O4S. The van der Waals surface area contributed by atoms with Crippen molar-refractivity contribution in [1.29, 1.82) is 0 Å². The zero-order valence-electron chi connectivity index (χ0n) is 16.1. The van der Waals surface area contributed by atoms with Crippen LogP contribution in [0.15, 0.2) is 43.0 Å². The highest BCUT2D eigenvalue weighted by molar-refractivity contribution is 7.14. The first-order valence-corrected chi connectivity index (χ1v) is 10.2. The van der Waals surface area contributed by atoms with Crippen LogP contribution in [-0.4, -0.2) is 42.2 Å². The Hall–Kier alpha value is -2.56. The number of benzene rings is 1. The molecule has 2 rings (SSSR count). The first-order chi connectivity index (χ1) is 14.7. The molecule has 0 saturated heterocycles. The Morgan fingerprint density at radius 2 is 2.03 bits per heavy atom. The minimum absolute atomic E-state index is 0.0336. The number of alkyl halides is 2. The van der Waals surface area contributed by atoms with Gasteiger partial charge in [0.05, 0.1) is 20.9 Å². The topological polar surface area (TPSA) is 87.7 Å². The quantitative estimate of drug-likeness (QED) is 0.431. The summed E-state index contributed by atoms with van der Waals surface area (Å²) in [6.45, 7) is 3.04. The van der Waals surface area contributed by atoms with Gasteiger partial charge in [0.25, 0.3) is 18.2 Å². The van der Waals surface area contributed by atoms with Gasteiger partial charge in [-0.15, -0.1) is 17.9 Å². The molecule has 0 bridgehead atoms. The summed E-state index contributed by atoms with van der Waals surface area (Å²) in [7, 11) is 0. The fourth-order valence-electron chi connectivity index (χ4n) is 2.42. The third kappa shape index (κ3) is 7.89. The second-order valence-electron chi connectivity index (χ2n) is 6.38. The summed E-state index contributed by atoms with van der Waals surface area (Å²) in [5.41, 5.74) is 0. The van der Waals surface area contributed by atoms with Crippen molar-refractivity contribution in [2.24, 2.45) is 0 Å². The maximum atomic E-state index is 13.3. The average Bonchev–Trinajstić information content (AvgIpc) is 3.23. The van der Waals surface area contributed by atoms with Crippen LogP contribution in [0, 0.1) is 5.82 Å². The molecule has 31 heavy (non-hydrogen) atoms. The highest BCUT2D eigenvalue weighted by Crippen LogP contribution is 2.27. The van der Waals surface area contributed by atoms with E-state index in [4.69, 9.17) is 16.3 Å². The molecule has 1 aromatic carbocycles. The standard InChI is InChI=1S/C20H20ClF3N2O4S/c1-2-11(26-20(29)17-6-5-16(31-17)19(23)24)7-12(27)9-25-18(28)10-30-13-3-4-14(21)15(22)8-13/h2-6,8,11-12,19,27H,1,7,9-10H2,(H,25,28)(H,26,29). The molecule has 6 nitrogen and oxygen atoms in total. The molecule has 0 aliphatic heterocycles. The SMILES string of the molecule is C=CC(CC(O)CNC(=O)COc1ccc(Cl)c(F)c1)NC(=O)c1ccc(C(F)F)s1. The van der Waals surface area contributed by atoms with Crippen LogP contribution >= 0.6 is 22.9 Å². The van der Waals surface area contributed by atoms with Crippen molar-refractivity contribution in [3.05, 3.63) is 63.6 Å². The second-order valence-corrected chi connectivity index (χ2v) is 7.90. The zero-order valence-corrected chi connectivity index (χ0v) is 17.7. The predicted molar refractivity (Wildman–Crippen MR) is 111 cm³/mol. The summed E-state index contributed by atoms with van der Waals surface area (Å²) in [6.07, 6.45) is -2.26. The summed E-state index contributed by atoms with van der Waals surface area (Å²) < 4.78 is 43.8. The first-order valence-electron chi connectivity index (χ1n) is 9.03. The number of carbonyl (C=O) groups is 2. The van der Waals surface area contributed by atoms with Crippen molar-refractivity contribution in [1.82, 2.24) is 10.6 Å². The lowest BCUT2D eigenvalue weighted by Crippen LogP contribution is -2.40. The molecule has 1 heterocycles. The molecule has 2 aromatic rings. The number of rotatable bonds is 11. The van der Waals surface area contributed by atoms with E-state index in [1.165, 1.54) is 30.3 Å². The van der Waals surface area contributed by atoms with Gasteiger partial charge in [0.15, 0.2) is 6.61 Å². The van der Waals surface area contributed by atoms with Gasteiger partial charge in [-0.05, 0) is 30.7 Å². The van der Waals surface area contributed by atoms with E-state index in [-0.39, 0.29) is 33.5 Å². The molecule has 2 amide bonds.